The van der Waals surface area contributed by atoms with E-state index in [-0.39, 0.29) is 29.5 Å². The minimum absolute atomic E-state index is 0.0461. The van der Waals surface area contributed by atoms with Crippen LogP contribution in [-0.4, -0.2) is 51.5 Å². The molecule has 0 spiro atoms. The number of epoxide rings is 1. The first-order valence-electron chi connectivity index (χ1n) is 7.90. The molecule has 3 aliphatic rings. The number of fused-ring (bicyclic) bond motifs is 3. The van der Waals surface area contributed by atoms with E-state index in [9.17, 15) is 0 Å². The third-order valence-corrected chi connectivity index (χ3v) is 10.0. The van der Waals surface area contributed by atoms with Crippen LogP contribution in [0.3, 0.4) is 0 Å². The Labute approximate surface area is 128 Å². The maximum absolute atomic E-state index is 6.37. The van der Waals surface area contributed by atoms with Crippen LogP contribution in [0, 0.1) is 0 Å². The van der Waals surface area contributed by atoms with Crippen LogP contribution in [0.5, 0.6) is 0 Å². The van der Waals surface area contributed by atoms with E-state index in [0.29, 0.717) is 13.2 Å². The summed E-state index contributed by atoms with van der Waals surface area (Å²) in [6.45, 7) is 16.5. The minimum Gasteiger partial charge on any atom is -0.414 e. The van der Waals surface area contributed by atoms with E-state index in [2.05, 4.69) is 40.4 Å². The standard InChI is InChI=1S/C16H28O4Si/c1-7-16(10-18-21(5,6)15(2,3)4)8-11-14(20-16)13-12(19-13)9-17-11/h7,11-14H,1,8-10H2,2-6H3/t11-,12?,13?,14+,16+/m1/s1. The predicted octanol–water partition coefficient (Wildman–Crippen LogP) is 2.89. The Morgan fingerprint density at radius 1 is 1.29 bits per heavy atom. The highest BCUT2D eigenvalue weighted by molar-refractivity contribution is 6.74. The second kappa shape index (κ2) is 4.90. The zero-order chi connectivity index (χ0) is 15.5. The predicted molar refractivity (Wildman–Crippen MR) is 84.0 cm³/mol. The van der Waals surface area contributed by atoms with Gasteiger partial charge in [-0.3, -0.25) is 0 Å². The van der Waals surface area contributed by atoms with Crippen molar-refractivity contribution in [3.63, 3.8) is 0 Å². The summed E-state index contributed by atoms with van der Waals surface area (Å²) in [5, 5.41) is 0.196. The summed E-state index contributed by atoms with van der Waals surface area (Å²) in [5.74, 6) is 0. The molecule has 0 radical (unpaired) electrons. The van der Waals surface area contributed by atoms with Gasteiger partial charge in [0.25, 0.3) is 0 Å². The Morgan fingerprint density at radius 2 is 2.00 bits per heavy atom. The molecule has 4 nitrogen and oxygen atoms in total. The van der Waals surface area contributed by atoms with Gasteiger partial charge in [-0.1, -0.05) is 26.8 Å². The lowest BCUT2D eigenvalue weighted by Crippen LogP contribution is -2.45. The molecule has 0 bridgehead atoms. The summed E-state index contributed by atoms with van der Waals surface area (Å²) in [6.07, 6.45) is 3.35. The van der Waals surface area contributed by atoms with Gasteiger partial charge in [0.1, 0.15) is 23.9 Å². The van der Waals surface area contributed by atoms with Gasteiger partial charge in [0.15, 0.2) is 8.32 Å². The van der Waals surface area contributed by atoms with Gasteiger partial charge in [0, 0.05) is 6.42 Å². The molecule has 0 N–H and O–H groups in total. The van der Waals surface area contributed by atoms with Crippen LogP contribution < -0.4 is 0 Å². The lowest BCUT2D eigenvalue weighted by atomic mass is 9.97. The first-order valence-corrected chi connectivity index (χ1v) is 10.8. The molecular weight excluding hydrogens is 284 g/mol. The molecule has 3 fully saturated rings. The van der Waals surface area contributed by atoms with E-state index in [1.165, 1.54) is 0 Å². The maximum atomic E-state index is 6.37. The summed E-state index contributed by atoms with van der Waals surface area (Å²) in [6, 6.07) is 0. The molecule has 3 saturated heterocycles. The van der Waals surface area contributed by atoms with Gasteiger partial charge >= 0.3 is 0 Å². The van der Waals surface area contributed by atoms with Gasteiger partial charge in [0.2, 0.25) is 0 Å². The van der Waals surface area contributed by atoms with Crippen molar-refractivity contribution in [3.05, 3.63) is 12.7 Å². The fourth-order valence-corrected chi connectivity index (χ4v) is 3.92. The highest BCUT2D eigenvalue weighted by atomic mass is 28.4. The van der Waals surface area contributed by atoms with Gasteiger partial charge in [-0.2, -0.15) is 0 Å². The molecule has 3 rings (SSSR count). The van der Waals surface area contributed by atoms with Crippen LogP contribution in [0.15, 0.2) is 12.7 Å². The van der Waals surface area contributed by atoms with E-state index in [0.717, 1.165) is 6.42 Å². The summed E-state index contributed by atoms with van der Waals surface area (Å²) in [5.41, 5.74) is -0.425. The van der Waals surface area contributed by atoms with Gasteiger partial charge in [-0.15, -0.1) is 6.58 Å². The quantitative estimate of drug-likeness (QED) is 0.455. The topological polar surface area (TPSA) is 40.2 Å². The number of ether oxygens (including phenoxy) is 3. The number of rotatable bonds is 4. The smallest absolute Gasteiger partial charge is 0.192 e. The van der Waals surface area contributed by atoms with Crippen molar-refractivity contribution in [1.29, 1.82) is 0 Å². The summed E-state index contributed by atoms with van der Waals surface area (Å²) in [7, 11) is -1.79. The van der Waals surface area contributed by atoms with Crippen molar-refractivity contribution < 1.29 is 18.6 Å². The van der Waals surface area contributed by atoms with E-state index in [4.69, 9.17) is 18.6 Å². The molecule has 0 aromatic rings. The average molecular weight is 312 g/mol. The first-order chi connectivity index (χ1) is 9.67. The lowest BCUT2D eigenvalue weighted by Gasteiger charge is -2.39. The fourth-order valence-electron chi connectivity index (χ4n) is 2.88. The molecule has 0 aromatic heterocycles. The summed E-state index contributed by atoms with van der Waals surface area (Å²) in [4.78, 5) is 0. The van der Waals surface area contributed by atoms with E-state index < -0.39 is 13.9 Å². The molecule has 0 amide bonds. The molecule has 2 unspecified atom stereocenters. The van der Waals surface area contributed by atoms with Crippen molar-refractivity contribution in [1.82, 2.24) is 0 Å². The third-order valence-electron chi connectivity index (χ3n) is 5.56. The van der Waals surface area contributed by atoms with E-state index in [1.54, 1.807) is 0 Å². The fraction of sp³-hybridized carbons (Fsp3) is 0.875. The Kier molecular flexibility index (Phi) is 3.66. The van der Waals surface area contributed by atoms with Gasteiger partial charge < -0.3 is 18.6 Å². The molecule has 0 saturated carbocycles. The third kappa shape index (κ3) is 2.74. The Morgan fingerprint density at radius 3 is 2.62 bits per heavy atom. The molecule has 21 heavy (non-hydrogen) atoms. The molecule has 5 heteroatoms. The number of hydrogen-bond donors (Lipinski definition) is 0. The molecule has 0 aromatic carbocycles. The minimum atomic E-state index is -1.79. The molecule has 3 heterocycles. The SMILES string of the molecule is C=C[C@@]1(CO[Si](C)(C)C(C)(C)C)C[C@H]2OCC3OC3[C@H]2O1. The number of hydrogen-bond acceptors (Lipinski definition) is 4. The van der Waals surface area contributed by atoms with Crippen molar-refractivity contribution in [2.75, 3.05) is 13.2 Å². The molecule has 0 aliphatic carbocycles. The largest absolute Gasteiger partial charge is 0.414 e. The van der Waals surface area contributed by atoms with Crippen LogP contribution in [0.4, 0.5) is 0 Å². The average Bonchev–Trinajstić information content (AvgIpc) is 3.09. The van der Waals surface area contributed by atoms with Gasteiger partial charge in [-0.05, 0) is 18.1 Å². The molecular formula is C16H28O4Si. The summed E-state index contributed by atoms with van der Waals surface area (Å²) < 4.78 is 24.1. The van der Waals surface area contributed by atoms with Crippen LogP contribution >= 0.6 is 0 Å². The second-order valence-corrected chi connectivity index (χ2v) is 12.9. The van der Waals surface area contributed by atoms with E-state index in [1.807, 2.05) is 6.08 Å². The van der Waals surface area contributed by atoms with Crippen molar-refractivity contribution in [2.45, 2.75) is 75.3 Å². The van der Waals surface area contributed by atoms with Crippen LogP contribution in [0.25, 0.3) is 0 Å². The van der Waals surface area contributed by atoms with Crippen LogP contribution in [0.1, 0.15) is 27.2 Å². The van der Waals surface area contributed by atoms with E-state index >= 15 is 0 Å². The van der Waals surface area contributed by atoms with Crippen molar-refractivity contribution in [3.8, 4) is 0 Å². The highest BCUT2D eigenvalue weighted by Crippen LogP contribution is 2.46. The zero-order valence-corrected chi connectivity index (χ0v) is 14.8. The lowest BCUT2D eigenvalue weighted by molar-refractivity contribution is -0.0733. The van der Waals surface area contributed by atoms with Crippen LogP contribution in [0.2, 0.25) is 18.1 Å². The Hall–Kier alpha value is -0.203. The maximum Gasteiger partial charge on any atom is 0.192 e. The van der Waals surface area contributed by atoms with Gasteiger partial charge in [0.05, 0.1) is 19.3 Å². The van der Waals surface area contributed by atoms with Crippen LogP contribution in [-0.2, 0) is 18.6 Å². The molecule has 5 atom stereocenters. The summed E-state index contributed by atoms with van der Waals surface area (Å²) >= 11 is 0. The Bertz CT molecular complexity index is 430. The molecule has 120 valence electrons. The monoisotopic (exact) mass is 312 g/mol. The zero-order valence-electron chi connectivity index (χ0n) is 13.8. The van der Waals surface area contributed by atoms with Crippen molar-refractivity contribution >= 4 is 8.32 Å². The first kappa shape index (κ1) is 15.7. The highest BCUT2D eigenvalue weighted by Gasteiger charge is 2.60. The normalized spacial score (nSPS) is 42.3. The van der Waals surface area contributed by atoms with Crippen molar-refractivity contribution in [2.24, 2.45) is 0 Å². The Balaban J connectivity index is 1.67. The van der Waals surface area contributed by atoms with Gasteiger partial charge in [-0.25, -0.2) is 0 Å². The molecule has 3 aliphatic heterocycles. The second-order valence-electron chi connectivity index (χ2n) is 8.12.